The molecule has 0 fully saturated rings. The normalized spacial score (nSPS) is 15.2. The van der Waals surface area contributed by atoms with Gasteiger partial charge in [-0.15, -0.1) is 0 Å². The quantitative estimate of drug-likeness (QED) is 0.363. The minimum atomic E-state index is -0.434. The van der Waals surface area contributed by atoms with Crippen LogP contribution in [0.3, 0.4) is 0 Å². The fourth-order valence-electron chi connectivity index (χ4n) is 2.93. The molecule has 0 amide bonds. The third-order valence-corrected chi connectivity index (χ3v) is 4.23. The second-order valence-electron chi connectivity index (χ2n) is 6.33. The summed E-state index contributed by atoms with van der Waals surface area (Å²) in [6.07, 6.45) is 14.6. The molecule has 0 aliphatic carbocycles. The van der Waals surface area contributed by atoms with Crippen molar-refractivity contribution in [3.8, 4) is 0 Å². The summed E-state index contributed by atoms with van der Waals surface area (Å²) in [5, 5.41) is 0. The molecule has 0 spiro atoms. The Labute approximate surface area is 140 Å². The number of ether oxygens (including phenoxy) is 2. The molecule has 0 saturated carbocycles. The van der Waals surface area contributed by atoms with E-state index in [0.29, 0.717) is 18.6 Å². The van der Waals surface area contributed by atoms with Crippen LogP contribution in [0.25, 0.3) is 0 Å². The Morgan fingerprint density at radius 1 is 1.09 bits per heavy atom. The van der Waals surface area contributed by atoms with Crippen LogP contribution in [0.4, 0.5) is 0 Å². The minimum absolute atomic E-state index is 0.296. The van der Waals surface area contributed by atoms with E-state index in [1.807, 2.05) is 0 Å². The molecule has 0 bridgehead atoms. The highest BCUT2D eigenvalue weighted by molar-refractivity contribution is 5.91. The Hall–Kier alpha value is -1.32. The van der Waals surface area contributed by atoms with Crippen molar-refractivity contribution in [3.63, 3.8) is 0 Å². The average Bonchev–Trinajstić information content (AvgIpc) is 2.93. The molecule has 1 aliphatic rings. The van der Waals surface area contributed by atoms with Crippen LogP contribution in [-0.4, -0.2) is 24.6 Å². The van der Waals surface area contributed by atoms with Gasteiger partial charge in [-0.2, -0.15) is 0 Å². The van der Waals surface area contributed by atoms with Crippen LogP contribution in [0.15, 0.2) is 11.6 Å². The lowest BCUT2D eigenvalue weighted by molar-refractivity contribution is -0.146. The van der Waals surface area contributed by atoms with Crippen molar-refractivity contribution >= 4 is 11.9 Å². The zero-order chi connectivity index (χ0) is 16.9. The Bertz CT molecular complexity index is 387. The summed E-state index contributed by atoms with van der Waals surface area (Å²) in [5.74, 6) is -0.689. The predicted octanol–water partition coefficient (Wildman–Crippen LogP) is 4.71. The van der Waals surface area contributed by atoms with Crippen molar-refractivity contribution in [3.05, 3.63) is 11.6 Å². The van der Waals surface area contributed by atoms with Gasteiger partial charge in [-0.1, -0.05) is 64.7 Å². The van der Waals surface area contributed by atoms with Crippen molar-refractivity contribution < 1.29 is 19.1 Å². The number of hydrogen-bond donors (Lipinski definition) is 0. The zero-order valence-electron chi connectivity index (χ0n) is 14.8. The summed E-state index contributed by atoms with van der Waals surface area (Å²) in [4.78, 5) is 22.8. The van der Waals surface area contributed by atoms with Gasteiger partial charge in [0, 0.05) is 6.92 Å². The van der Waals surface area contributed by atoms with Crippen molar-refractivity contribution in [2.24, 2.45) is 0 Å². The molecule has 1 aliphatic heterocycles. The zero-order valence-corrected chi connectivity index (χ0v) is 14.8. The standard InChI is InChI=1S/C19H32O4/c1-3-4-5-6-7-8-9-10-11-12-13-18(23-16(2)20)17-14-15-22-19(17)21/h14,18H,3-13,15H2,1-2H3. The molecule has 0 aromatic heterocycles. The van der Waals surface area contributed by atoms with E-state index in [9.17, 15) is 9.59 Å². The maximum atomic E-state index is 11.6. The lowest BCUT2D eigenvalue weighted by atomic mass is 10.0. The lowest BCUT2D eigenvalue weighted by Gasteiger charge is -2.16. The molecule has 1 unspecified atom stereocenters. The monoisotopic (exact) mass is 324 g/mol. The number of hydrogen-bond acceptors (Lipinski definition) is 4. The molecule has 132 valence electrons. The molecule has 4 heteroatoms. The average molecular weight is 324 g/mol. The van der Waals surface area contributed by atoms with E-state index in [0.717, 1.165) is 12.8 Å². The van der Waals surface area contributed by atoms with Gasteiger partial charge in [0.2, 0.25) is 0 Å². The second kappa shape index (κ2) is 12.1. The third-order valence-electron chi connectivity index (χ3n) is 4.23. The van der Waals surface area contributed by atoms with Crippen LogP contribution < -0.4 is 0 Å². The van der Waals surface area contributed by atoms with Crippen molar-refractivity contribution in [1.82, 2.24) is 0 Å². The van der Waals surface area contributed by atoms with E-state index in [1.165, 1.54) is 58.3 Å². The highest BCUT2D eigenvalue weighted by Gasteiger charge is 2.27. The Morgan fingerprint density at radius 2 is 1.65 bits per heavy atom. The maximum absolute atomic E-state index is 11.6. The van der Waals surface area contributed by atoms with E-state index in [1.54, 1.807) is 6.08 Å². The van der Waals surface area contributed by atoms with Crippen LogP contribution in [0.2, 0.25) is 0 Å². The predicted molar refractivity (Wildman–Crippen MR) is 91.1 cm³/mol. The van der Waals surface area contributed by atoms with Gasteiger partial charge in [0.15, 0.2) is 0 Å². The molecule has 1 heterocycles. The molecular weight excluding hydrogens is 292 g/mol. The van der Waals surface area contributed by atoms with Gasteiger partial charge < -0.3 is 9.47 Å². The Morgan fingerprint density at radius 3 is 2.13 bits per heavy atom. The number of carbonyl (C=O) groups is 2. The highest BCUT2D eigenvalue weighted by Crippen LogP contribution is 2.21. The summed E-state index contributed by atoms with van der Waals surface area (Å²) in [6.45, 7) is 3.92. The van der Waals surface area contributed by atoms with Gasteiger partial charge in [0.25, 0.3) is 0 Å². The minimum Gasteiger partial charge on any atom is -0.458 e. The van der Waals surface area contributed by atoms with Gasteiger partial charge in [-0.05, 0) is 18.9 Å². The number of rotatable bonds is 13. The topological polar surface area (TPSA) is 52.6 Å². The number of unbranched alkanes of at least 4 members (excludes halogenated alkanes) is 9. The van der Waals surface area contributed by atoms with Crippen molar-refractivity contribution in [2.75, 3.05) is 6.61 Å². The van der Waals surface area contributed by atoms with Crippen molar-refractivity contribution in [1.29, 1.82) is 0 Å². The van der Waals surface area contributed by atoms with Gasteiger partial charge in [-0.25, -0.2) is 4.79 Å². The van der Waals surface area contributed by atoms with E-state index in [-0.39, 0.29) is 11.9 Å². The molecule has 1 rings (SSSR count). The fraction of sp³-hybridized carbons (Fsp3) is 0.789. The molecule has 0 saturated heterocycles. The van der Waals surface area contributed by atoms with Gasteiger partial charge >= 0.3 is 11.9 Å². The molecule has 0 N–H and O–H groups in total. The second-order valence-corrected chi connectivity index (χ2v) is 6.33. The maximum Gasteiger partial charge on any atom is 0.337 e. The first-order valence-corrected chi connectivity index (χ1v) is 9.19. The summed E-state index contributed by atoms with van der Waals surface area (Å²) in [7, 11) is 0. The van der Waals surface area contributed by atoms with E-state index in [2.05, 4.69) is 6.92 Å². The number of esters is 2. The van der Waals surface area contributed by atoms with Crippen LogP contribution >= 0.6 is 0 Å². The summed E-state index contributed by atoms with van der Waals surface area (Å²) < 4.78 is 10.2. The fourth-order valence-corrected chi connectivity index (χ4v) is 2.93. The molecule has 1 atom stereocenters. The Balaban J connectivity index is 2.11. The SMILES string of the molecule is CCCCCCCCCCCCC(OC(C)=O)C1=CCOC1=O. The Kier molecular flexibility index (Phi) is 10.4. The smallest absolute Gasteiger partial charge is 0.337 e. The van der Waals surface area contributed by atoms with E-state index < -0.39 is 6.10 Å². The molecule has 23 heavy (non-hydrogen) atoms. The van der Waals surface area contributed by atoms with Crippen LogP contribution in [-0.2, 0) is 19.1 Å². The number of carbonyl (C=O) groups excluding carboxylic acids is 2. The van der Waals surface area contributed by atoms with Gasteiger partial charge in [0.05, 0.1) is 5.57 Å². The first-order valence-electron chi connectivity index (χ1n) is 9.19. The third kappa shape index (κ3) is 8.77. The molecule has 0 aromatic rings. The van der Waals surface area contributed by atoms with Crippen LogP contribution in [0.1, 0.15) is 84.5 Å². The van der Waals surface area contributed by atoms with E-state index >= 15 is 0 Å². The molecule has 4 nitrogen and oxygen atoms in total. The lowest BCUT2D eigenvalue weighted by Crippen LogP contribution is -2.22. The van der Waals surface area contributed by atoms with Crippen molar-refractivity contribution in [2.45, 2.75) is 90.6 Å². The van der Waals surface area contributed by atoms with E-state index in [4.69, 9.17) is 9.47 Å². The first-order chi connectivity index (χ1) is 11.1. The van der Waals surface area contributed by atoms with Crippen LogP contribution in [0.5, 0.6) is 0 Å². The summed E-state index contributed by atoms with van der Waals surface area (Å²) in [5.41, 5.74) is 0.510. The summed E-state index contributed by atoms with van der Waals surface area (Å²) >= 11 is 0. The highest BCUT2D eigenvalue weighted by atomic mass is 16.6. The van der Waals surface area contributed by atoms with Gasteiger partial charge in [-0.3, -0.25) is 4.79 Å². The molecule has 0 radical (unpaired) electrons. The largest absolute Gasteiger partial charge is 0.458 e. The molecular formula is C19H32O4. The van der Waals surface area contributed by atoms with Gasteiger partial charge in [0.1, 0.15) is 12.7 Å². The first kappa shape index (κ1) is 19.7. The van der Waals surface area contributed by atoms with Crippen LogP contribution in [0, 0.1) is 0 Å². The number of cyclic esters (lactones) is 1. The molecule has 0 aromatic carbocycles. The summed E-state index contributed by atoms with van der Waals surface area (Å²) in [6, 6.07) is 0.